The number of rotatable bonds is 5. The van der Waals surface area contributed by atoms with Gasteiger partial charge in [-0.3, -0.25) is 0 Å². The van der Waals surface area contributed by atoms with Crippen molar-refractivity contribution < 1.29 is 0 Å². The number of unbranched alkanes of at least 4 members (excludes halogenated alkanes) is 4. The van der Waals surface area contributed by atoms with Gasteiger partial charge < -0.3 is 0 Å². The van der Waals surface area contributed by atoms with Crippen molar-refractivity contribution in [1.82, 2.24) is 0 Å². The highest BCUT2D eigenvalue weighted by atomic mass is 14.1. The standard InChI is InChI=1S/C11H18/c1-2-3-4-5-6-7-8-11-9-10-11/h7H,2-6,9-10H2,1H3. The van der Waals surface area contributed by atoms with Crippen molar-refractivity contribution in [2.75, 3.05) is 0 Å². The third kappa shape index (κ3) is 4.86. The van der Waals surface area contributed by atoms with Gasteiger partial charge in [-0.05, 0) is 37.3 Å². The van der Waals surface area contributed by atoms with Crippen LogP contribution in [0.3, 0.4) is 0 Å². The van der Waals surface area contributed by atoms with Gasteiger partial charge in [0.1, 0.15) is 0 Å². The van der Waals surface area contributed by atoms with E-state index in [9.17, 15) is 0 Å². The van der Waals surface area contributed by atoms with E-state index in [0.717, 1.165) is 0 Å². The quantitative estimate of drug-likeness (QED) is 0.412. The molecule has 1 aliphatic carbocycles. The zero-order chi connectivity index (χ0) is 7.94. The zero-order valence-electron chi connectivity index (χ0n) is 7.53. The first kappa shape index (κ1) is 8.62. The summed E-state index contributed by atoms with van der Waals surface area (Å²) >= 11 is 0. The molecule has 0 unspecified atom stereocenters. The van der Waals surface area contributed by atoms with E-state index in [1.165, 1.54) is 50.5 Å². The topological polar surface area (TPSA) is 0 Å². The lowest BCUT2D eigenvalue weighted by atomic mass is 10.1. The Balaban J connectivity index is 1.91. The number of allylic oxidation sites excluding steroid dienone is 1. The van der Waals surface area contributed by atoms with Crippen molar-refractivity contribution in [3.05, 3.63) is 17.4 Å². The molecule has 1 aliphatic rings. The lowest BCUT2D eigenvalue weighted by molar-refractivity contribution is 0.674. The first-order valence-electron chi connectivity index (χ1n) is 4.86. The Morgan fingerprint density at radius 2 is 2.09 bits per heavy atom. The Labute approximate surface area is 70.0 Å². The second kappa shape index (κ2) is 5.21. The monoisotopic (exact) mass is 150 g/mol. The fourth-order valence-corrected chi connectivity index (χ4v) is 1.10. The molecule has 0 atom stereocenters. The SMILES string of the molecule is CCCCCCC=C=C1CC1. The molecule has 0 saturated heterocycles. The Morgan fingerprint density at radius 1 is 1.27 bits per heavy atom. The van der Waals surface area contributed by atoms with Crippen molar-refractivity contribution in [3.63, 3.8) is 0 Å². The molecule has 0 aromatic rings. The predicted octanol–water partition coefficient (Wildman–Crippen LogP) is 3.83. The Bertz CT molecular complexity index is 153. The molecule has 11 heavy (non-hydrogen) atoms. The fraction of sp³-hybridized carbons (Fsp3) is 0.727. The van der Waals surface area contributed by atoms with Crippen molar-refractivity contribution in [1.29, 1.82) is 0 Å². The lowest BCUT2D eigenvalue weighted by Gasteiger charge is -1.91. The van der Waals surface area contributed by atoms with Crippen LogP contribution in [0.1, 0.15) is 51.9 Å². The van der Waals surface area contributed by atoms with Crippen LogP contribution in [0.4, 0.5) is 0 Å². The maximum Gasteiger partial charge on any atom is -0.0200 e. The van der Waals surface area contributed by atoms with Gasteiger partial charge in [0.15, 0.2) is 0 Å². The highest BCUT2D eigenvalue weighted by molar-refractivity contribution is 5.15. The number of hydrogen-bond donors (Lipinski definition) is 0. The molecule has 0 radical (unpaired) electrons. The summed E-state index contributed by atoms with van der Waals surface area (Å²) in [6.07, 6.45) is 11.6. The average molecular weight is 150 g/mol. The van der Waals surface area contributed by atoms with Crippen LogP contribution < -0.4 is 0 Å². The van der Waals surface area contributed by atoms with Crippen molar-refractivity contribution in [3.8, 4) is 0 Å². The third-order valence-electron chi connectivity index (χ3n) is 2.01. The van der Waals surface area contributed by atoms with Crippen LogP contribution >= 0.6 is 0 Å². The summed E-state index contributed by atoms with van der Waals surface area (Å²) < 4.78 is 0. The summed E-state index contributed by atoms with van der Waals surface area (Å²) in [6.45, 7) is 2.25. The minimum absolute atomic E-state index is 1.24. The highest BCUT2D eigenvalue weighted by Gasteiger charge is 2.07. The summed E-state index contributed by atoms with van der Waals surface area (Å²) in [5.74, 6) is 0. The first-order chi connectivity index (χ1) is 5.43. The van der Waals surface area contributed by atoms with Crippen molar-refractivity contribution >= 4 is 0 Å². The van der Waals surface area contributed by atoms with Gasteiger partial charge in [0.05, 0.1) is 0 Å². The Morgan fingerprint density at radius 3 is 2.73 bits per heavy atom. The second-order valence-electron chi connectivity index (χ2n) is 3.30. The molecular formula is C11H18. The molecule has 0 amide bonds. The van der Waals surface area contributed by atoms with Crippen molar-refractivity contribution in [2.24, 2.45) is 0 Å². The minimum Gasteiger partial charge on any atom is -0.126 e. The van der Waals surface area contributed by atoms with E-state index in [1.54, 1.807) is 0 Å². The van der Waals surface area contributed by atoms with Gasteiger partial charge in [-0.25, -0.2) is 0 Å². The van der Waals surface area contributed by atoms with Gasteiger partial charge in [-0.1, -0.05) is 26.2 Å². The summed E-state index contributed by atoms with van der Waals surface area (Å²) in [4.78, 5) is 0. The largest absolute Gasteiger partial charge is 0.126 e. The third-order valence-corrected chi connectivity index (χ3v) is 2.01. The van der Waals surface area contributed by atoms with E-state index in [1.807, 2.05) is 0 Å². The molecule has 1 rings (SSSR count). The van der Waals surface area contributed by atoms with E-state index >= 15 is 0 Å². The maximum absolute atomic E-state index is 3.33. The molecule has 0 heteroatoms. The van der Waals surface area contributed by atoms with Crippen molar-refractivity contribution in [2.45, 2.75) is 51.9 Å². The Hall–Kier alpha value is -0.480. The summed E-state index contributed by atoms with van der Waals surface area (Å²) in [7, 11) is 0. The van der Waals surface area contributed by atoms with Crippen LogP contribution in [0.15, 0.2) is 17.4 Å². The van der Waals surface area contributed by atoms with Crippen LogP contribution in [0.5, 0.6) is 0 Å². The van der Waals surface area contributed by atoms with E-state index in [-0.39, 0.29) is 0 Å². The van der Waals surface area contributed by atoms with Crippen LogP contribution in [0, 0.1) is 0 Å². The molecule has 62 valence electrons. The molecule has 1 saturated carbocycles. The van der Waals surface area contributed by atoms with Gasteiger partial charge in [0.25, 0.3) is 0 Å². The summed E-state index contributed by atoms with van der Waals surface area (Å²) in [5, 5.41) is 0. The average Bonchev–Trinajstić information content (AvgIpc) is 2.80. The molecule has 0 spiro atoms. The van der Waals surface area contributed by atoms with Gasteiger partial charge in [-0.2, -0.15) is 0 Å². The fourth-order valence-electron chi connectivity index (χ4n) is 1.10. The number of hydrogen-bond acceptors (Lipinski definition) is 0. The molecule has 0 N–H and O–H groups in total. The lowest BCUT2D eigenvalue weighted by Crippen LogP contribution is -1.72. The maximum atomic E-state index is 3.33. The van der Waals surface area contributed by atoms with Gasteiger partial charge in [-0.15, -0.1) is 5.73 Å². The molecule has 0 aromatic heterocycles. The van der Waals surface area contributed by atoms with E-state index in [2.05, 4.69) is 18.7 Å². The highest BCUT2D eigenvalue weighted by Crippen LogP contribution is 2.25. The van der Waals surface area contributed by atoms with Gasteiger partial charge in [0, 0.05) is 0 Å². The van der Waals surface area contributed by atoms with E-state index < -0.39 is 0 Å². The molecule has 0 heterocycles. The smallest absolute Gasteiger partial charge is 0.0200 e. The molecule has 0 aliphatic heterocycles. The summed E-state index contributed by atoms with van der Waals surface area (Å²) in [6, 6.07) is 0. The normalized spacial score (nSPS) is 14.5. The molecule has 0 nitrogen and oxygen atoms in total. The molecule has 0 bridgehead atoms. The van der Waals surface area contributed by atoms with E-state index in [0.29, 0.717) is 0 Å². The van der Waals surface area contributed by atoms with Crippen LogP contribution in [-0.4, -0.2) is 0 Å². The van der Waals surface area contributed by atoms with Crippen LogP contribution in [0.25, 0.3) is 0 Å². The zero-order valence-corrected chi connectivity index (χ0v) is 7.53. The van der Waals surface area contributed by atoms with E-state index in [4.69, 9.17) is 0 Å². The van der Waals surface area contributed by atoms with Crippen LogP contribution in [0.2, 0.25) is 0 Å². The minimum atomic E-state index is 1.24. The molecule has 1 fully saturated rings. The van der Waals surface area contributed by atoms with Gasteiger partial charge in [0.2, 0.25) is 0 Å². The molecule has 0 aromatic carbocycles. The first-order valence-corrected chi connectivity index (χ1v) is 4.86. The summed E-state index contributed by atoms with van der Waals surface area (Å²) in [5.41, 5.74) is 4.85. The van der Waals surface area contributed by atoms with Gasteiger partial charge >= 0.3 is 0 Å². The second-order valence-corrected chi connectivity index (χ2v) is 3.30. The van der Waals surface area contributed by atoms with Crippen LogP contribution in [-0.2, 0) is 0 Å². The predicted molar refractivity (Wildman–Crippen MR) is 49.6 cm³/mol. The Kier molecular flexibility index (Phi) is 4.08. The molecular weight excluding hydrogens is 132 g/mol.